The summed E-state index contributed by atoms with van der Waals surface area (Å²) >= 11 is 0. The fourth-order valence-electron chi connectivity index (χ4n) is 3.59. The van der Waals surface area contributed by atoms with Crippen LogP contribution in [0.5, 0.6) is 0 Å². The number of rotatable bonds is 8. The zero-order valence-electron chi connectivity index (χ0n) is 13.2. The topological polar surface area (TPSA) is 24.5 Å². The van der Waals surface area contributed by atoms with E-state index in [1.807, 2.05) is 0 Å². The minimum Gasteiger partial charge on any atom is -0.378 e. The first kappa shape index (κ1) is 15.3. The fourth-order valence-corrected chi connectivity index (χ4v) is 3.59. The van der Waals surface area contributed by atoms with Gasteiger partial charge in [-0.1, -0.05) is 6.42 Å². The molecule has 112 valence electrons. The van der Waals surface area contributed by atoms with Crippen molar-refractivity contribution in [2.24, 2.45) is 5.41 Å². The maximum absolute atomic E-state index is 5.89. The van der Waals surface area contributed by atoms with Crippen LogP contribution in [-0.2, 0) is 4.74 Å². The lowest BCUT2D eigenvalue weighted by Gasteiger charge is -2.61. The second-order valence-electron chi connectivity index (χ2n) is 6.70. The van der Waals surface area contributed by atoms with Crippen LogP contribution >= 0.6 is 0 Å². The van der Waals surface area contributed by atoms with Gasteiger partial charge in [0.25, 0.3) is 0 Å². The van der Waals surface area contributed by atoms with E-state index in [1.165, 1.54) is 38.6 Å². The van der Waals surface area contributed by atoms with Gasteiger partial charge in [-0.05, 0) is 66.6 Å². The van der Waals surface area contributed by atoms with Gasteiger partial charge >= 0.3 is 0 Å². The number of hydrogen-bond donors (Lipinski definition) is 1. The molecule has 2 rings (SSSR count). The van der Waals surface area contributed by atoms with Crippen LogP contribution in [0.1, 0.15) is 52.9 Å². The zero-order chi connectivity index (χ0) is 13.9. The van der Waals surface area contributed by atoms with Crippen molar-refractivity contribution in [1.82, 2.24) is 10.2 Å². The van der Waals surface area contributed by atoms with Gasteiger partial charge in [-0.3, -0.25) is 0 Å². The van der Waals surface area contributed by atoms with Crippen molar-refractivity contribution < 1.29 is 4.74 Å². The lowest BCUT2D eigenvalue weighted by Crippen LogP contribution is -2.67. The molecule has 2 atom stereocenters. The molecule has 2 aliphatic rings. The van der Waals surface area contributed by atoms with Gasteiger partial charge in [-0.2, -0.15) is 0 Å². The summed E-state index contributed by atoms with van der Waals surface area (Å²) in [7, 11) is 2.21. The van der Waals surface area contributed by atoms with Crippen LogP contribution in [0.2, 0.25) is 0 Å². The maximum Gasteiger partial charge on any atom is 0.0661 e. The molecule has 0 aromatic carbocycles. The normalized spacial score (nSPS) is 28.7. The minimum atomic E-state index is 0.514. The summed E-state index contributed by atoms with van der Waals surface area (Å²) in [4.78, 5) is 2.42. The molecule has 3 nitrogen and oxygen atoms in total. The van der Waals surface area contributed by atoms with E-state index in [4.69, 9.17) is 4.74 Å². The number of hydrogen-bond acceptors (Lipinski definition) is 3. The number of nitrogens with zero attached hydrogens (tertiary/aromatic N) is 1. The van der Waals surface area contributed by atoms with Crippen molar-refractivity contribution in [2.45, 2.75) is 71.1 Å². The van der Waals surface area contributed by atoms with Crippen molar-refractivity contribution >= 4 is 0 Å². The molecular weight excluding hydrogens is 236 g/mol. The molecule has 0 aliphatic heterocycles. The molecule has 0 aromatic heterocycles. The summed E-state index contributed by atoms with van der Waals surface area (Å²) in [6.07, 6.45) is 7.18. The number of ether oxygens (including phenoxy) is 1. The molecule has 0 heterocycles. The summed E-state index contributed by atoms with van der Waals surface area (Å²) in [5.41, 5.74) is 0.514. The fraction of sp³-hybridized carbons (Fsp3) is 1.00. The minimum absolute atomic E-state index is 0.514. The molecule has 2 unspecified atom stereocenters. The Morgan fingerprint density at radius 2 is 2.11 bits per heavy atom. The monoisotopic (exact) mass is 268 g/mol. The summed E-state index contributed by atoms with van der Waals surface area (Å²) in [5, 5.41) is 3.79. The zero-order valence-corrected chi connectivity index (χ0v) is 13.2. The molecule has 0 saturated heterocycles. The van der Waals surface area contributed by atoms with Gasteiger partial charge in [0.1, 0.15) is 0 Å². The Labute approximate surface area is 119 Å². The van der Waals surface area contributed by atoms with Crippen LogP contribution in [0.4, 0.5) is 0 Å². The second kappa shape index (κ2) is 6.55. The van der Waals surface area contributed by atoms with Gasteiger partial charge in [-0.15, -0.1) is 0 Å². The third kappa shape index (κ3) is 3.14. The van der Waals surface area contributed by atoms with Crippen LogP contribution in [0, 0.1) is 5.41 Å². The van der Waals surface area contributed by atoms with E-state index in [9.17, 15) is 0 Å². The standard InChI is InChI=1S/C16H32N2O/c1-5-19-15-12-14(16(15)8-6-9-16)17-10-7-11-18(4)13(2)3/h13-15,17H,5-12H2,1-4H3. The Morgan fingerprint density at radius 3 is 2.63 bits per heavy atom. The predicted molar refractivity (Wildman–Crippen MR) is 80.5 cm³/mol. The SMILES string of the molecule is CCOC1CC(NCCCN(C)C(C)C)C12CCC2. The summed E-state index contributed by atoms with van der Waals surface area (Å²) < 4.78 is 5.89. The molecule has 1 spiro atoms. The molecule has 0 radical (unpaired) electrons. The molecule has 19 heavy (non-hydrogen) atoms. The van der Waals surface area contributed by atoms with E-state index in [0.717, 1.165) is 19.2 Å². The van der Waals surface area contributed by atoms with Crippen LogP contribution in [-0.4, -0.2) is 49.8 Å². The molecular formula is C16H32N2O. The van der Waals surface area contributed by atoms with E-state index in [1.54, 1.807) is 0 Å². The smallest absolute Gasteiger partial charge is 0.0661 e. The quantitative estimate of drug-likeness (QED) is 0.685. The highest BCUT2D eigenvalue weighted by molar-refractivity contribution is 5.12. The van der Waals surface area contributed by atoms with Gasteiger partial charge in [-0.25, -0.2) is 0 Å². The molecule has 0 amide bonds. The second-order valence-corrected chi connectivity index (χ2v) is 6.70. The average Bonchev–Trinajstić information content (AvgIpc) is 2.29. The van der Waals surface area contributed by atoms with Crippen molar-refractivity contribution in [1.29, 1.82) is 0 Å². The predicted octanol–water partition coefficient (Wildman–Crippen LogP) is 2.65. The van der Waals surface area contributed by atoms with E-state index >= 15 is 0 Å². The van der Waals surface area contributed by atoms with Gasteiger partial charge in [0.05, 0.1) is 6.10 Å². The number of nitrogens with one attached hydrogen (secondary N) is 1. The first-order chi connectivity index (χ1) is 9.10. The highest BCUT2D eigenvalue weighted by Crippen LogP contribution is 2.57. The van der Waals surface area contributed by atoms with E-state index < -0.39 is 0 Å². The Balaban J connectivity index is 1.65. The molecule has 0 bridgehead atoms. The van der Waals surface area contributed by atoms with Gasteiger partial charge in [0.2, 0.25) is 0 Å². The van der Waals surface area contributed by atoms with Gasteiger partial charge in [0.15, 0.2) is 0 Å². The van der Waals surface area contributed by atoms with Crippen molar-refractivity contribution in [2.75, 3.05) is 26.7 Å². The Bertz CT molecular complexity index is 276. The van der Waals surface area contributed by atoms with Gasteiger partial charge < -0.3 is 15.0 Å². The molecule has 1 N–H and O–H groups in total. The molecule has 2 saturated carbocycles. The van der Waals surface area contributed by atoms with E-state index in [0.29, 0.717) is 17.6 Å². The Morgan fingerprint density at radius 1 is 1.37 bits per heavy atom. The first-order valence-corrected chi connectivity index (χ1v) is 8.15. The van der Waals surface area contributed by atoms with Crippen molar-refractivity contribution in [3.05, 3.63) is 0 Å². The molecule has 2 fully saturated rings. The first-order valence-electron chi connectivity index (χ1n) is 8.15. The third-order valence-corrected chi connectivity index (χ3v) is 5.40. The molecule has 2 aliphatic carbocycles. The van der Waals surface area contributed by atoms with Gasteiger partial charge in [0, 0.05) is 24.1 Å². The lowest BCUT2D eigenvalue weighted by molar-refractivity contribution is -0.172. The maximum atomic E-state index is 5.89. The largest absolute Gasteiger partial charge is 0.378 e. The van der Waals surface area contributed by atoms with E-state index in [2.05, 4.69) is 38.0 Å². The summed E-state index contributed by atoms with van der Waals surface area (Å²) in [6.45, 7) is 9.86. The van der Waals surface area contributed by atoms with E-state index in [-0.39, 0.29) is 0 Å². The average molecular weight is 268 g/mol. The third-order valence-electron chi connectivity index (χ3n) is 5.40. The lowest BCUT2D eigenvalue weighted by atomic mass is 9.51. The van der Waals surface area contributed by atoms with Crippen LogP contribution in [0.25, 0.3) is 0 Å². The van der Waals surface area contributed by atoms with Crippen LogP contribution in [0.15, 0.2) is 0 Å². The Kier molecular flexibility index (Phi) is 5.27. The summed E-state index contributed by atoms with van der Waals surface area (Å²) in [6, 6.07) is 1.38. The van der Waals surface area contributed by atoms with Crippen molar-refractivity contribution in [3.63, 3.8) is 0 Å². The molecule has 0 aromatic rings. The highest BCUT2D eigenvalue weighted by Gasteiger charge is 2.58. The van der Waals surface area contributed by atoms with Crippen molar-refractivity contribution in [3.8, 4) is 0 Å². The highest BCUT2D eigenvalue weighted by atomic mass is 16.5. The van der Waals surface area contributed by atoms with Crippen LogP contribution < -0.4 is 5.32 Å². The van der Waals surface area contributed by atoms with Crippen LogP contribution in [0.3, 0.4) is 0 Å². The summed E-state index contributed by atoms with van der Waals surface area (Å²) in [5.74, 6) is 0. The Hall–Kier alpha value is -0.120. The molecule has 3 heteroatoms.